The molecular formula is C40H44O5Si. The Hall–Kier alpha value is -3.96. The molecule has 0 N–H and O–H groups in total. The van der Waals surface area contributed by atoms with Crippen LogP contribution in [-0.4, -0.2) is 39.1 Å². The zero-order chi connectivity index (χ0) is 32.0. The van der Waals surface area contributed by atoms with E-state index < -0.39 is 32.5 Å². The van der Waals surface area contributed by atoms with E-state index in [0.717, 1.165) is 22.3 Å². The number of allylic oxidation sites excluding steroid dienone is 1. The zero-order valence-corrected chi connectivity index (χ0v) is 28.0. The molecule has 6 heteroatoms. The Bertz CT molecular complexity index is 1540. The van der Waals surface area contributed by atoms with Crippen LogP contribution in [0.25, 0.3) is 0 Å². The summed E-state index contributed by atoms with van der Waals surface area (Å²) < 4.78 is 33.2. The molecule has 4 aromatic carbocycles. The van der Waals surface area contributed by atoms with Crippen molar-refractivity contribution in [2.45, 2.75) is 70.5 Å². The molecule has 4 atom stereocenters. The van der Waals surface area contributed by atoms with Crippen molar-refractivity contribution in [3.8, 4) is 11.5 Å². The highest BCUT2D eigenvalue weighted by atomic mass is 28.3. The molecule has 0 spiro atoms. The summed E-state index contributed by atoms with van der Waals surface area (Å²) in [6, 6.07) is 40.6. The molecule has 0 aromatic heterocycles. The first-order chi connectivity index (χ1) is 22.4. The summed E-state index contributed by atoms with van der Waals surface area (Å²) in [6.07, 6.45) is -0.116. The van der Waals surface area contributed by atoms with Crippen molar-refractivity contribution < 1.29 is 23.7 Å². The van der Waals surface area contributed by atoms with Gasteiger partial charge in [0.25, 0.3) is 0 Å². The van der Waals surface area contributed by atoms with Crippen LogP contribution in [0.15, 0.2) is 133 Å². The summed E-state index contributed by atoms with van der Waals surface area (Å²) in [5.41, 5.74) is 7.74. The van der Waals surface area contributed by atoms with Gasteiger partial charge in [-0.1, -0.05) is 147 Å². The lowest BCUT2D eigenvalue weighted by molar-refractivity contribution is -0.223. The van der Waals surface area contributed by atoms with Crippen molar-refractivity contribution in [2.75, 3.05) is 6.61 Å². The summed E-state index contributed by atoms with van der Waals surface area (Å²) >= 11 is 0. The normalized spacial score (nSPS) is 20.5. The van der Waals surface area contributed by atoms with Gasteiger partial charge in [0, 0.05) is 6.08 Å². The van der Waals surface area contributed by atoms with E-state index in [-0.39, 0.29) is 0 Å². The van der Waals surface area contributed by atoms with Gasteiger partial charge in [0.05, 0.1) is 33.0 Å². The van der Waals surface area contributed by atoms with Crippen LogP contribution in [0.3, 0.4) is 0 Å². The van der Waals surface area contributed by atoms with Crippen molar-refractivity contribution in [3.63, 3.8) is 0 Å². The Morgan fingerprint density at radius 1 is 0.587 bits per heavy atom. The Kier molecular flexibility index (Phi) is 12.4. The van der Waals surface area contributed by atoms with E-state index >= 15 is 0 Å². The van der Waals surface area contributed by atoms with Crippen LogP contribution >= 0.6 is 0 Å². The van der Waals surface area contributed by atoms with Crippen molar-refractivity contribution >= 4 is 8.07 Å². The predicted molar refractivity (Wildman–Crippen MR) is 185 cm³/mol. The Labute approximate surface area is 275 Å². The van der Waals surface area contributed by atoms with Gasteiger partial charge in [0.15, 0.2) is 6.10 Å². The third kappa shape index (κ3) is 10.6. The predicted octanol–water partition coefficient (Wildman–Crippen LogP) is 8.12. The average Bonchev–Trinajstić information content (AvgIpc) is 3.07. The van der Waals surface area contributed by atoms with E-state index in [1.165, 1.54) is 0 Å². The van der Waals surface area contributed by atoms with E-state index in [9.17, 15) is 0 Å². The third-order valence-electron chi connectivity index (χ3n) is 7.45. The molecule has 1 saturated heterocycles. The third-order valence-corrected chi connectivity index (χ3v) is 8.35. The van der Waals surface area contributed by atoms with E-state index in [4.69, 9.17) is 23.7 Å². The molecule has 238 valence electrons. The second-order valence-corrected chi connectivity index (χ2v) is 17.2. The summed E-state index contributed by atoms with van der Waals surface area (Å²) in [5, 5.41) is 0. The maximum atomic E-state index is 6.78. The maximum Gasteiger partial charge on any atom is 0.150 e. The van der Waals surface area contributed by atoms with Crippen LogP contribution in [0.5, 0.6) is 0 Å². The van der Waals surface area contributed by atoms with Gasteiger partial charge in [-0.3, -0.25) is 0 Å². The molecule has 4 aromatic rings. The van der Waals surface area contributed by atoms with Crippen molar-refractivity contribution in [1.82, 2.24) is 0 Å². The van der Waals surface area contributed by atoms with Crippen molar-refractivity contribution in [2.24, 2.45) is 0 Å². The molecule has 0 unspecified atom stereocenters. The monoisotopic (exact) mass is 632 g/mol. The van der Waals surface area contributed by atoms with Gasteiger partial charge in [0.2, 0.25) is 0 Å². The molecule has 1 fully saturated rings. The SMILES string of the molecule is C[Si](C)(C)C#C/C=C1\O[C@H](COCc2ccccc2)[C@@H](OCc2ccccc2)[C@H](OCc2ccccc2)[C@H]1OCc1ccccc1. The van der Waals surface area contributed by atoms with Crippen LogP contribution < -0.4 is 0 Å². The summed E-state index contributed by atoms with van der Waals surface area (Å²) in [4.78, 5) is 0. The highest BCUT2D eigenvalue weighted by Gasteiger charge is 2.46. The first-order valence-electron chi connectivity index (χ1n) is 15.9. The first-order valence-corrected chi connectivity index (χ1v) is 19.4. The van der Waals surface area contributed by atoms with Crippen molar-refractivity contribution in [1.29, 1.82) is 0 Å². The number of hydrogen-bond acceptors (Lipinski definition) is 5. The largest absolute Gasteiger partial charge is 0.486 e. The molecule has 0 aliphatic carbocycles. The highest BCUT2D eigenvalue weighted by Crippen LogP contribution is 2.33. The van der Waals surface area contributed by atoms with Gasteiger partial charge < -0.3 is 23.7 Å². The molecule has 0 amide bonds. The summed E-state index contributed by atoms with van der Waals surface area (Å²) in [5.74, 6) is 3.93. The number of hydrogen-bond donors (Lipinski definition) is 0. The molecule has 0 bridgehead atoms. The molecule has 1 heterocycles. The fraction of sp³-hybridized carbons (Fsp3) is 0.300. The fourth-order valence-corrected chi connectivity index (χ4v) is 5.65. The molecule has 5 rings (SSSR count). The van der Waals surface area contributed by atoms with Crippen LogP contribution in [0.1, 0.15) is 22.3 Å². The first kappa shape index (κ1) is 33.4. The van der Waals surface area contributed by atoms with Crippen LogP contribution in [-0.2, 0) is 50.1 Å². The smallest absolute Gasteiger partial charge is 0.150 e. The fourth-order valence-electron chi connectivity index (χ4n) is 5.15. The Balaban J connectivity index is 1.48. The van der Waals surface area contributed by atoms with Gasteiger partial charge in [0.1, 0.15) is 32.1 Å². The van der Waals surface area contributed by atoms with E-state index in [2.05, 4.69) is 79.6 Å². The lowest BCUT2D eigenvalue weighted by Crippen LogP contribution is -2.56. The second-order valence-electron chi connectivity index (χ2n) is 12.5. The van der Waals surface area contributed by atoms with Gasteiger partial charge in [-0.25, -0.2) is 0 Å². The topological polar surface area (TPSA) is 46.2 Å². The van der Waals surface area contributed by atoms with Crippen LogP contribution in [0.2, 0.25) is 19.6 Å². The highest BCUT2D eigenvalue weighted by molar-refractivity contribution is 6.83. The maximum absolute atomic E-state index is 6.78. The van der Waals surface area contributed by atoms with Gasteiger partial charge in [-0.2, -0.15) is 0 Å². The minimum absolute atomic E-state index is 0.309. The summed E-state index contributed by atoms with van der Waals surface area (Å²) in [6.45, 7) is 8.63. The molecule has 5 nitrogen and oxygen atoms in total. The number of benzene rings is 4. The molecule has 0 radical (unpaired) electrons. The zero-order valence-electron chi connectivity index (χ0n) is 27.0. The Morgan fingerprint density at radius 2 is 1.02 bits per heavy atom. The van der Waals surface area contributed by atoms with E-state index in [1.807, 2.05) is 78.9 Å². The van der Waals surface area contributed by atoms with Gasteiger partial charge in [-0.15, -0.1) is 5.54 Å². The van der Waals surface area contributed by atoms with E-state index in [1.54, 1.807) is 0 Å². The number of ether oxygens (including phenoxy) is 5. The quantitative estimate of drug-likeness (QED) is 0.110. The average molecular weight is 633 g/mol. The molecule has 1 aliphatic heterocycles. The van der Waals surface area contributed by atoms with Gasteiger partial charge >= 0.3 is 0 Å². The molecule has 1 aliphatic rings. The molecular weight excluding hydrogens is 589 g/mol. The molecule has 46 heavy (non-hydrogen) atoms. The minimum Gasteiger partial charge on any atom is -0.486 e. The molecule has 0 saturated carbocycles. The van der Waals surface area contributed by atoms with E-state index in [0.29, 0.717) is 38.8 Å². The van der Waals surface area contributed by atoms with Crippen LogP contribution in [0, 0.1) is 11.5 Å². The Morgan fingerprint density at radius 3 is 1.50 bits per heavy atom. The second kappa shape index (κ2) is 17.1. The lowest BCUT2D eigenvalue weighted by Gasteiger charge is -2.43. The van der Waals surface area contributed by atoms with Crippen molar-refractivity contribution in [3.05, 3.63) is 155 Å². The minimum atomic E-state index is -1.63. The lowest BCUT2D eigenvalue weighted by atomic mass is 9.96. The van der Waals surface area contributed by atoms with Crippen LogP contribution in [0.4, 0.5) is 0 Å². The standard InChI is InChI=1S/C40H44O5Si/c1-46(2,3)26-16-25-36-38(42-28-33-19-10-5-11-20-33)40(44-30-35-23-14-7-15-24-35)39(43-29-34-21-12-6-13-22-34)37(45-36)31-41-27-32-17-8-4-9-18-32/h4-15,17-25,37-40H,27-31H2,1-3H3/b36-25-/t37-,38+,39-,40-/m1/s1. The van der Waals surface area contributed by atoms with Gasteiger partial charge in [-0.05, 0) is 22.3 Å². The number of rotatable bonds is 13. The summed E-state index contributed by atoms with van der Waals surface area (Å²) in [7, 11) is -1.63.